The number of hydrazine groups is 1. The van der Waals surface area contributed by atoms with Gasteiger partial charge >= 0.3 is 0 Å². The first-order valence-corrected chi connectivity index (χ1v) is 9.35. The molecule has 26 heavy (non-hydrogen) atoms. The van der Waals surface area contributed by atoms with Gasteiger partial charge in [0.05, 0.1) is 0 Å². The maximum Gasteiger partial charge on any atom is 0.251 e. The molecule has 4 rings (SSSR count). The van der Waals surface area contributed by atoms with Gasteiger partial charge in [-0.2, -0.15) is 0 Å². The number of para-hydroxylation sites is 1. The number of ether oxygens (including phenoxy) is 1. The highest BCUT2D eigenvalue weighted by Crippen LogP contribution is 2.27. The third kappa shape index (κ3) is 3.89. The van der Waals surface area contributed by atoms with Gasteiger partial charge in [0, 0.05) is 24.2 Å². The highest BCUT2D eigenvalue weighted by molar-refractivity contribution is 5.94. The van der Waals surface area contributed by atoms with Crippen molar-refractivity contribution in [3.63, 3.8) is 0 Å². The van der Waals surface area contributed by atoms with Gasteiger partial charge in [-0.15, -0.1) is 0 Å². The van der Waals surface area contributed by atoms with Crippen molar-refractivity contribution in [2.45, 2.75) is 38.0 Å². The van der Waals surface area contributed by atoms with Crippen LogP contribution in [0.25, 0.3) is 0 Å². The van der Waals surface area contributed by atoms with Gasteiger partial charge in [-0.25, -0.2) is 0 Å². The van der Waals surface area contributed by atoms with Crippen molar-refractivity contribution in [1.29, 1.82) is 0 Å². The summed E-state index contributed by atoms with van der Waals surface area (Å²) in [6.45, 7) is 1.49. The molecule has 2 aromatic rings. The molecular formula is C21H25N3O2. The summed E-state index contributed by atoms with van der Waals surface area (Å²) in [5.41, 5.74) is 8.29. The Balaban J connectivity index is 1.33. The van der Waals surface area contributed by atoms with Gasteiger partial charge in [0.15, 0.2) is 0 Å². The van der Waals surface area contributed by atoms with Crippen LogP contribution in [-0.2, 0) is 6.61 Å². The third-order valence-corrected chi connectivity index (χ3v) is 5.35. The lowest BCUT2D eigenvalue weighted by atomic mass is 9.82. The topological polar surface area (TPSA) is 62.4 Å². The zero-order valence-corrected chi connectivity index (χ0v) is 14.8. The number of hydrogen-bond donors (Lipinski definition) is 3. The largest absolute Gasteiger partial charge is 0.489 e. The second kappa shape index (κ2) is 7.89. The number of rotatable bonds is 5. The Bertz CT molecular complexity index is 733. The summed E-state index contributed by atoms with van der Waals surface area (Å²) in [6.07, 6.45) is 3.43. The lowest BCUT2D eigenvalue weighted by Gasteiger charge is -2.33. The molecule has 2 fully saturated rings. The molecule has 3 atom stereocenters. The quantitative estimate of drug-likeness (QED) is 0.775. The lowest BCUT2D eigenvalue weighted by molar-refractivity contribution is 0.0910. The van der Waals surface area contributed by atoms with Gasteiger partial charge in [-0.1, -0.05) is 36.8 Å². The van der Waals surface area contributed by atoms with E-state index in [9.17, 15) is 4.79 Å². The van der Waals surface area contributed by atoms with Crippen LogP contribution in [-0.4, -0.2) is 24.5 Å². The Morgan fingerprint density at radius 1 is 1.08 bits per heavy atom. The molecule has 1 heterocycles. The fourth-order valence-electron chi connectivity index (χ4n) is 3.89. The summed E-state index contributed by atoms with van der Waals surface area (Å²) >= 11 is 0. The van der Waals surface area contributed by atoms with E-state index in [0.717, 1.165) is 24.3 Å². The van der Waals surface area contributed by atoms with Crippen LogP contribution >= 0.6 is 0 Å². The normalized spacial score (nSPS) is 24.7. The first-order chi connectivity index (χ1) is 12.8. The van der Waals surface area contributed by atoms with Crippen LogP contribution in [0.1, 0.15) is 35.2 Å². The van der Waals surface area contributed by atoms with Crippen LogP contribution in [0.2, 0.25) is 0 Å². The second-order valence-electron chi connectivity index (χ2n) is 7.12. The molecule has 1 saturated heterocycles. The summed E-state index contributed by atoms with van der Waals surface area (Å²) in [7, 11) is 0. The van der Waals surface area contributed by atoms with Gasteiger partial charge in [0.2, 0.25) is 0 Å². The van der Waals surface area contributed by atoms with Gasteiger partial charge in [0.1, 0.15) is 12.4 Å². The summed E-state index contributed by atoms with van der Waals surface area (Å²) in [5, 5.41) is 3.21. The summed E-state index contributed by atoms with van der Waals surface area (Å²) < 4.78 is 5.75. The molecule has 0 bridgehead atoms. The molecule has 0 spiro atoms. The van der Waals surface area contributed by atoms with Gasteiger partial charge < -0.3 is 10.1 Å². The first kappa shape index (κ1) is 17.1. The summed E-state index contributed by atoms with van der Waals surface area (Å²) in [4.78, 5) is 12.6. The first-order valence-electron chi connectivity index (χ1n) is 9.35. The number of amides is 1. The Kier molecular flexibility index (Phi) is 5.18. The van der Waals surface area contributed by atoms with Crippen LogP contribution in [0.3, 0.4) is 0 Å². The SMILES string of the molecule is O=C(NC1CCCC2CNNC21)c1ccc(COc2ccccc2)cc1. The molecule has 0 radical (unpaired) electrons. The monoisotopic (exact) mass is 351 g/mol. The average molecular weight is 351 g/mol. The number of benzene rings is 2. The second-order valence-corrected chi connectivity index (χ2v) is 7.12. The van der Waals surface area contributed by atoms with Crippen LogP contribution in [0.4, 0.5) is 0 Å². The van der Waals surface area contributed by atoms with Crippen LogP contribution in [0.5, 0.6) is 5.75 Å². The maximum atomic E-state index is 12.6. The predicted octanol–water partition coefficient (Wildman–Crippen LogP) is 2.64. The molecule has 0 aromatic heterocycles. The molecule has 1 amide bonds. The minimum Gasteiger partial charge on any atom is -0.489 e. The van der Waals surface area contributed by atoms with Crippen molar-refractivity contribution < 1.29 is 9.53 Å². The number of fused-ring (bicyclic) bond motifs is 1. The summed E-state index contributed by atoms with van der Waals surface area (Å²) in [6, 6.07) is 17.9. The minimum atomic E-state index is -0.000113. The fraction of sp³-hybridized carbons (Fsp3) is 0.381. The molecule has 3 unspecified atom stereocenters. The molecule has 5 nitrogen and oxygen atoms in total. The third-order valence-electron chi connectivity index (χ3n) is 5.35. The lowest BCUT2D eigenvalue weighted by Crippen LogP contribution is -2.52. The standard InChI is InChI=1S/C21H25N3O2/c25-21(23-19-8-4-5-17-13-22-24-20(17)19)16-11-9-15(10-12-16)14-26-18-6-2-1-3-7-18/h1-3,6-7,9-12,17,19-20,22,24H,4-5,8,13-14H2,(H,23,25). The molecule has 1 aliphatic carbocycles. The van der Waals surface area contributed by atoms with E-state index in [-0.39, 0.29) is 11.9 Å². The van der Waals surface area contributed by atoms with E-state index in [2.05, 4.69) is 16.2 Å². The van der Waals surface area contributed by atoms with Crippen molar-refractivity contribution in [3.8, 4) is 5.75 Å². The van der Waals surface area contributed by atoms with Crippen molar-refractivity contribution in [3.05, 3.63) is 65.7 Å². The van der Waals surface area contributed by atoms with E-state index in [1.165, 1.54) is 12.8 Å². The van der Waals surface area contributed by atoms with E-state index in [4.69, 9.17) is 4.74 Å². The maximum absolute atomic E-state index is 12.6. The van der Waals surface area contributed by atoms with E-state index < -0.39 is 0 Å². The predicted molar refractivity (Wildman–Crippen MR) is 101 cm³/mol. The number of nitrogens with one attached hydrogen (secondary N) is 3. The molecule has 1 aliphatic heterocycles. The Morgan fingerprint density at radius 2 is 1.88 bits per heavy atom. The van der Waals surface area contributed by atoms with Crippen molar-refractivity contribution in [2.75, 3.05) is 6.54 Å². The van der Waals surface area contributed by atoms with Crippen LogP contribution in [0.15, 0.2) is 54.6 Å². The molecular weight excluding hydrogens is 326 g/mol. The van der Waals surface area contributed by atoms with Gasteiger partial charge in [-0.3, -0.25) is 15.6 Å². The van der Waals surface area contributed by atoms with Crippen molar-refractivity contribution in [1.82, 2.24) is 16.2 Å². The Morgan fingerprint density at radius 3 is 2.69 bits per heavy atom. The molecule has 5 heteroatoms. The molecule has 2 aromatic carbocycles. The van der Waals surface area contributed by atoms with Crippen molar-refractivity contribution >= 4 is 5.91 Å². The summed E-state index contributed by atoms with van der Waals surface area (Å²) in [5.74, 6) is 1.46. The number of carbonyl (C=O) groups excluding carboxylic acids is 1. The Hall–Kier alpha value is -2.37. The van der Waals surface area contributed by atoms with Gasteiger partial charge in [-0.05, 0) is 48.6 Å². The van der Waals surface area contributed by atoms with Gasteiger partial charge in [0.25, 0.3) is 5.91 Å². The Labute approximate surface area is 154 Å². The number of carbonyl (C=O) groups is 1. The van der Waals surface area contributed by atoms with Crippen LogP contribution in [0, 0.1) is 5.92 Å². The van der Waals surface area contributed by atoms with Crippen LogP contribution < -0.4 is 20.9 Å². The smallest absolute Gasteiger partial charge is 0.251 e. The zero-order valence-electron chi connectivity index (χ0n) is 14.8. The minimum absolute atomic E-state index is 0.000113. The molecule has 1 saturated carbocycles. The van der Waals surface area contributed by atoms with E-state index in [0.29, 0.717) is 24.1 Å². The molecule has 136 valence electrons. The molecule has 2 aliphatic rings. The van der Waals surface area contributed by atoms with Crippen molar-refractivity contribution in [2.24, 2.45) is 5.92 Å². The molecule has 3 N–H and O–H groups in total. The average Bonchev–Trinajstić information content (AvgIpc) is 3.17. The van der Waals surface area contributed by atoms with E-state index >= 15 is 0 Å². The number of hydrogen-bond acceptors (Lipinski definition) is 4. The fourth-order valence-corrected chi connectivity index (χ4v) is 3.89. The highest BCUT2D eigenvalue weighted by atomic mass is 16.5. The van der Waals surface area contributed by atoms with E-state index in [1.807, 2.05) is 54.6 Å². The van der Waals surface area contributed by atoms with E-state index in [1.54, 1.807) is 0 Å². The zero-order chi connectivity index (χ0) is 17.8. The highest BCUT2D eigenvalue weighted by Gasteiger charge is 2.37.